The SMILES string of the molecule is N=C1C=Cc2ccc3cc(-c4nc(-c5cccc(-c6cccc(-c7ccccc7)c6)c5)nc(-c5cccc6oc7ccccc7c56)n4)ccc3c2C1=N. The van der Waals surface area contributed by atoms with E-state index >= 15 is 0 Å². The molecule has 2 heterocycles. The normalized spacial score (nSPS) is 12.5. The minimum atomic E-state index is 0.204. The molecule has 6 nitrogen and oxygen atoms in total. The molecule has 7 aromatic carbocycles. The standard InChI is InChI=1S/C47H29N5O/c48-39-24-22-29-19-20-33-27-35(21-23-36(33)42(29)44(39)49)46-50-45(51-47(52-46)38-16-8-18-41-43(38)37-15-4-5-17-40(37)53-41)34-14-7-13-32(26-34)31-12-6-11-30(25-31)28-9-2-1-3-10-28/h1-27,48-49H. The van der Waals surface area contributed by atoms with E-state index in [4.69, 9.17) is 30.2 Å². The molecule has 10 rings (SSSR count). The maximum Gasteiger partial charge on any atom is 0.164 e. The smallest absolute Gasteiger partial charge is 0.164 e. The van der Waals surface area contributed by atoms with E-state index in [1.165, 1.54) is 5.56 Å². The molecule has 0 radical (unpaired) electrons. The number of allylic oxidation sites excluding steroid dienone is 1. The molecule has 2 N–H and O–H groups in total. The van der Waals surface area contributed by atoms with Gasteiger partial charge in [-0.25, -0.2) is 15.0 Å². The van der Waals surface area contributed by atoms with Gasteiger partial charge in [0.15, 0.2) is 17.5 Å². The Kier molecular flexibility index (Phi) is 7.01. The van der Waals surface area contributed by atoms with E-state index in [2.05, 4.69) is 78.9 Å². The Labute approximate surface area is 304 Å². The first-order valence-electron chi connectivity index (χ1n) is 17.4. The third-order valence-corrected chi connectivity index (χ3v) is 9.96. The molecule has 0 atom stereocenters. The predicted molar refractivity (Wildman–Crippen MR) is 215 cm³/mol. The van der Waals surface area contributed by atoms with Crippen molar-refractivity contribution in [2.24, 2.45) is 0 Å². The first-order chi connectivity index (χ1) is 26.1. The van der Waals surface area contributed by atoms with Crippen LogP contribution in [0, 0.1) is 10.8 Å². The topological polar surface area (TPSA) is 99.5 Å². The van der Waals surface area contributed by atoms with Crippen LogP contribution in [-0.2, 0) is 0 Å². The molecule has 0 saturated carbocycles. The van der Waals surface area contributed by atoms with Crippen molar-refractivity contribution in [3.63, 3.8) is 0 Å². The Hall–Kier alpha value is -7.31. The highest BCUT2D eigenvalue weighted by Gasteiger charge is 2.20. The molecule has 0 amide bonds. The van der Waals surface area contributed by atoms with Crippen molar-refractivity contribution in [3.8, 4) is 56.4 Å². The van der Waals surface area contributed by atoms with Crippen molar-refractivity contribution in [1.82, 2.24) is 15.0 Å². The van der Waals surface area contributed by atoms with Crippen LogP contribution in [-0.4, -0.2) is 26.4 Å². The number of benzene rings is 7. The quantitative estimate of drug-likeness (QED) is 0.189. The number of nitrogens with one attached hydrogen (secondary N) is 2. The Balaban J connectivity index is 1.16. The van der Waals surface area contributed by atoms with Gasteiger partial charge in [0.1, 0.15) is 11.2 Å². The molecule has 6 heteroatoms. The van der Waals surface area contributed by atoms with E-state index in [0.29, 0.717) is 17.5 Å². The monoisotopic (exact) mass is 679 g/mol. The van der Waals surface area contributed by atoms with E-state index in [0.717, 1.165) is 77.2 Å². The van der Waals surface area contributed by atoms with Gasteiger partial charge >= 0.3 is 0 Å². The number of hydrogen-bond acceptors (Lipinski definition) is 6. The molecule has 0 saturated heterocycles. The lowest BCUT2D eigenvalue weighted by atomic mass is 9.89. The molecule has 9 aromatic rings. The van der Waals surface area contributed by atoms with E-state index in [9.17, 15) is 0 Å². The van der Waals surface area contributed by atoms with Crippen LogP contribution in [0.1, 0.15) is 11.1 Å². The second-order valence-electron chi connectivity index (χ2n) is 13.2. The second kappa shape index (κ2) is 12.2. The lowest BCUT2D eigenvalue weighted by molar-refractivity contribution is 0.669. The third kappa shape index (κ3) is 5.24. The van der Waals surface area contributed by atoms with Crippen LogP contribution in [0.2, 0.25) is 0 Å². The van der Waals surface area contributed by atoms with E-state index < -0.39 is 0 Å². The lowest BCUT2D eigenvalue weighted by Crippen LogP contribution is -2.16. The number of furan rings is 1. The van der Waals surface area contributed by atoms with Crippen LogP contribution in [0.15, 0.2) is 162 Å². The zero-order valence-corrected chi connectivity index (χ0v) is 28.3. The molecule has 1 aliphatic carbocycles. The minimum Gasteiger partial charge on any atom is -0.456 e. The van der Waals surface area contributed by atoms with Crippen LogP contribution in [0.25, 0.3) is 95.2 Å². The van der Waals surface area contributed by atoms with Gasteiger partial charge < -0.3 is 4.42 Å². The van der Waals surface area contributed by atoms with E-state index in [1.54, 1.807) is 6.08 Å². The minimum absolute atomic E-state index is 0.204. The van der Waals surface area contributed by atoms with Crippen LogP contribution < -0.4 is 0 Å². The fourth-order valence-corrected chi connectivity index (χ4v) is 7.36. The van der Waals surface area contributed by atoms with Crippen molar-refractivity contribution in [2.75, 3.05) is 0 Å². The highest BCUT2D eigenvalue weighted by atomic mass is 16.3. The van der Waals surface area contributed by atoms with Crippen LogP contribution >= 0.6 is 0 Å². The molecule has 248 valence electrons. The fourth-order valence-electron chi connectivity index (χ4n) is 7.36. The number of aromatic nitrogens is 3. The predicted octanol–water partition coefficient (Wildman–Crippen LogP) is 11.7. The Morgan fingerprint density at radius 2 is 1.06 bits per heavy atom. The summed E-state index contributed by atoms with van der Waals surface area (Å²) in [5.41, 5.74) is 10.7. The summed E-state index contributed by atoms with van der Waals surface area (Å²) in [6.45, 7) is 0. The molecule has 1 aliphatic rings. The van der Waals surface area contributed by atoms with Crippen LogP contribution in [0.3, 0.4) is 0 Å². The number of fused-ring (bicyclic) bond motifs is 6. The summed E-state index contributed by atoms with van der Waals surface area (Å²) in [4.78, 5) is 15.4. The van der Waals surface area contributed by atoms with Gasteiger partial charge in [-0.1, -0.05) is 127 Å². The average Bonchev–Trinajstić information content (AvgIpc) is 3.61. The molecule has 0 aliphatic heterocycles. The number of rotatable bonds is 5. The Morgan fingerprint density at radius 1 is 0.434 bits per heavy atom. The van der Waals surface area contributed by atoms with Crippen LogP contribution in [0.4, 0.5) is 0 Å². The van der Waals surface area contributed by atoms with E-state index in [1.807, 2.05) is 78.9 Å². The summed E-state index contributed by atoms with van der Waals surface area (Å²) in [6, 6.07) is 51.5. The summed E-state index contributed by atoms with van der Waals surface area (Å²) >= 11 is 0. The van der Waals surface area contributed by atoms with E-state index in [-0.39, 0.29) is 11.4 Å². The van der Waals surface area contributed by atoms with Gasteiger partial charge in [-0.2, -0.15) is 0 Å². The van der Waals surface area contributed by atoms with Crippen molar-refractivity contribution in [2.45, 2.75) is 0 Å². The second-order valence-corrected chi connectivity index (χ2v) is 13.2. The van der Waals surface area contributed by atoms with Crippen molar-refractivity contribution >= 4 is 50.2 Å². The summed E-state index contributed by atoms with van der Waals surface area (Å²) in [5.74, 6) is 1.64. The maximum atomic E-state index is 8.65. The van der Waals surface area contributed by atoms with Crippen molar-refractivity contribution < 1.29 is 4.42 Å². The molecule has 53 heavy (non-hydrogen) atoms. The molecule has 0 fully saturated rings. The van der Waals surface area contributed by atoms with Crippen molar-refractivity contribution in [1.29, 1.82) is 10.8 Å². The largest absolute Gasteiger partial charge is 0.456 e. The van der Waals surface area contributed by atoms with Crippen LogP contribution in [0.5, 0.6) is 0 Å². The van der Waals surface area contributed by atoms with Gasteiger partial charge in [-0.15, -0.1) is 0 Å². The third-order valence-electron chi connectivity index (χ3n) is 9.96. The molecule has 0 bridgehead atoms. The first-order valence-corrected chi connectivity index (χ1v) is 17.4. The summed E-state index contributed by atoms with van der Waals surface area (Å²) in [5, 5.41) is 20.7. The van der Waals surface area contributed by atoms with Gasteiger partial charge in [-0.05, 0) is 75.0 Å². The van der Waals surface area contributed by atoms with Gasteiger partial charge in [0, 0.05) is 33.0 Å². The highest BCUT2D eigenvalue weighted by Crippen LogP contribution is 2.38. The molecule has 0 spiro atoms. The van der Waals surface area contributed by atoms with Gasteiger partial charge in [-0.3, -0.25) is 10.8 Å². The Bertz CT molecular complexity index is 2990. The van der Waals surface area contributed by atoms with Gasteiger partial charge in [0.05, 0.1) is 11.4 Å². The first kappa shape index (κ1) is 30.5. The fraction of sp³-hybridized carbons (Fsp3) is 0. The highest BCUT2D eigenvalue weighted by molar-refractivity contribution is 6.53. The van der Waals surface area contributed by atoms with Gasteiger partial charge in [0.2, 0.25) is 0 Å². The van der Waals surface area contributed by atoms with Gasteiger partial charge in [0.25, 0.3) is 0 Å². The lowest BCUT2D eigenvalue weighted by Gasteiger charge is -2.16. The number of hydrogen-bond donors (Lipinski definition) is 2. The van der Waals surface area contributed by atoms with Crippen molar-refractivity contribution in [3.05, 3.63) is 169 Å². The maximum absolute atomic E-state index is 8.65. The number of para-hydroxylation sites is 1. The summed E-state index contributed by atoms with van der Waals surface area (Å²) < 4.78 is 6.25. The molecule has 2 aromatic heterocycles. The zero-order chi connectivity index (χ0) is 35.5. The molecular formula is C47H29N5O. The zero-order valence-electron chi connectivity index (χ0n) is 28.3. The average molecular weight is 680 g/mol. The molecular weight excluding hydrogens is 651 g/mol. The number of nitrogens with zero attached hydrogens (tertiary/aromatic N) is 3. The summed E-state index contributed by atoms with van der Waals surface area (Å²) in [6.07, 6.45) is 3.58. The summed E-state index contributed by atoms with van der Waals surface area (Å²) in [7, 11) is 0. The molecule has 0 unspecified atom stereocenters. The Morgan fingerprint density at radius 3 is 1.87 bits per heavy atom.